The molecular formula is C16H20FN3O4. The van der Waals surface area contributed by atoms with Crippen molar-refractivity contribution in [2.24, 2.45) is 0 Å². The Hall–Kier alpha value is -2.35. The highest BCUT2D eigenvalue weighted by Crippen LogP contribution is 2.35. The Morgan fingerprint density at radius 1 is 1.38 bits per heavy atom. The topological polar surface area (TPSA) is 71.1 Å². The van der Waals surface area contributed by atoms with Crippen LogP contribution >= 0.6 is 0 Å². The Morgan fingerprint density at radius 3 is 2.83 bits per heavy atom. The minimum absolute atomic E-state index is 0.190. The zero-order valence-electron chi connectivity index (χ0n) is 13.5. The van der Waals surface area contributed by atoms with Crippen molar-refractivity contribution in [2.75, 3.05) is 49.2 Å². The summed E-state index contributed by atoms with van der Waals surface area (Å²) in [7, 11) is 0. The summed E-state index contributed by atoms with van der Waals surface area (Å²) in [4.78, 5) is 26.5. The maximum absolute atomic E-state index is 14.4. The normalized spacial score (nSPS) is 20.9. The van der Waals surface area contributed by atoms with E-state index < -0.39 is 12.2 Å². The number of cyclic esters (lactones) is 1. The molecule has 1 aromatic rings. The highest BCUT2D eigenvalue weighted by atomic mass is 19.1. The van der Waals surface area contributed by atoms with E-state index in [1.165, 1.54) is 17.9 Å². The highest BCUT2D eigenvalue weighted by molar-refractivity contribution is 5.94. The summed E-state index contributed by atoms with van der Waals surface area (Å²) in [5, 5.41) is 2.63. The maximum atomic E-state index is 14.4. The van der Waals surface area contributed by atoms with Gasteiger partial charge in [0.1, 0.15) is 11.9 Å². The monoisotopic (exact) mass is 337 g/mol. The molecule has 0 aliphatic carbocycles. The number of hydrogen-bond donors (Lipinski definition) is 1. The first-order chi connectivity index (χ1) is 11.6. The third-order valence-electron chi connectivity index (χ3n) is 4.04. The van der Waals surface area contributed by atoms with Crippen molar-refractivity contribution in [3.05, 3.63) is 24.0 Å². The van der Waals surface area contributed by atoms with Gasteiger partial charge in [0.15, 0.2) is 0 Å². The molecule has 0 unspecified atom stereocenters. The number of amides is 2. The second kappa shape index (κ2) is 7.04. The molecule has 2 fully saturated rings. The van der Waals surface area contributed by atoms with Crippen LogP contribution in [-0.2, 0) is 14.3 Å². The van der Waals surface area contributed by atoms with E-state index in [0.717, 1.165) is 0 Å². The highest BCUT2D eigenvalue weighted by Gasteiger charge is 2.35. The largest absolute Gasteiger partial charge is 0.442 e. The van der Waals surface area contributed by atoms with Crippen LogP contribution < -0.4 is 15.1 Å². The van der Waals surface area contributed by atoms with Gasteiger partial charge < -0.3 is 19.7 Å². The van der Waals surface area contributed by atoms with Crippen LogP contribution in [0.15, 0.2) is 18.2 Å². The molecule has 2 heterocycles. The van der Waals surface area contributed by atoms with E-state index in [4.69, 9.17) is 9.47 Å². The number of anilines is 2. The van der Waals surface area contributed by atoms with Crippen molar-refractivity contribution in [3.63, 3.8) is 0 Å². The molecule has 0 saturated carbocycles. The van der Waals surface area contributed by atoms with Crippen LogP contribution in [0.3, 0.4) is 0 Å². The molecule has 0 radical (unpaired) electrons. The lowest BCUT2D eigenvalue weighted by molar-refractivity contribution is -0.119. The zero-order valence-corrected chi connectivity index (χ0v) is 13.5. The van der Waals surface area contributed by atoms with E-state index in [9.17, 15) is 14.0 Å². The molecule has 1 N–H and O–H groups in total. The average Bonchev–Trinajstić information content (AvgIpc) is 2.94. The van der Waals surface area contributed by atoms with Gasteiger partial charge in [-0.2, -0.15) is 0 Å². The molecule has 1 atom stereocenters. The van der Waals surface area contributed by atoms with Crippen molar-refractivity contribution < 1.29 is 23.5 Å². The van der Waals surface area contributed by atoms with Crippen LogP contribution in [0.25, 0.3) is 0 Å². The summed E-state index contributed by atoms with van der Waals surface area (Å²) in [5.41, 5.74) is 0.866. The molecule has 24 heavy (non-hydrogen) atoms. The SMILES string of the molecule is CC(=O)NC[C@H]1CN(c2cccc(F)c2N2CCOCC2)C(=O)O1. The Morgan fingerprint density at radius 2 is 2.12 bits per heavy atom. The number of nitrogens with zero attached hydrogens (tertiary/aromatic N) is 2. The summed E-state index contributed by atoms with van der Waals surface area (Å²) in [6.45, 7) is 4.06. The predicted octanol–water partition coefficient (Wildman–Crippen LogP) is 1.12. The first-order valence-electron chi connectivity index (χ1n) is 7.90. The molecule has 130 valence electrons. The van der Waals surface area contributed by atoms with Gasteiger partial charge in [0.25, 0.3) is 0 Å². The summed E-state index contributed by atoms with van der Waals surface area (Å²) < 4.78 is 25.0. The van der Waals surface area contributed by atoms with Crippen LogP contribution in [0, 0.1) is 5.82 Å². The quantitative estimate of drug-likeness (QED) is 0.892. The van der Waals surface area contributed by atoms with Gasteiger partial charge in [-0.05, 0) is 12.1 Å². The number of carbonyl (C=O) groups is 2. The average molecular weight is 337 g/mol. The minimum Gasteiger partial charge on any atom is -0.442 e. The van der Waals surface area contributed by atoms with Crippen molar-refractivity contribution in [3.8, 4) is 0 Å². The van der Waals surface area contributed by atoms with E-state index in [2.05, 4.69) is 5.32 Å². The van der Waals surface area contributed by atoms with Gasteiger partial charge in [-0.3, -0.25) is 9.69 Å². The Labute approximate surface area is 139 Å². The van der Waals surface area contributed by atoms with Crippen LogP contribution in [0.5, 0.6) is 0 Å². The molecule has 2 aliphatic rings. The summed E-state index contributed by atoms with van der Waals surface area (Å²) in [6.07, 6.45) is -0.993. The van der Waals surface area contributed by atoms with Gasteiger partial charge in [0, 0.05) is 20.0 Å². The number of rotatable bonds is 4. The Bertz CT molecular complexity index is 634. The first-order valence-corrected chi connectivity index (χ1v) is 7.90. The van der Waals surface area contributed by atoms with Crippen LogP contribution in [0.1, 0.15) is 6.92 Å². The molecule has 8 heteroatoms. The number of para-hydroxylation sites is 1. The summed E-state index contributed by atoms with van der Waals surface area (Å²) in [5.74, 6) is -0.572. The fourth-order valence-corrected chi connectivity index (χ4v) is 2.90. The van der Waals surface area contributed by atoms with Crippen LogP contribution in [-0.4, -0.2) is 57.5 Å². The predicted molar refractivity (Wildman–Crippen MR) is 85.7 cm³/mol. The minimum atomic E-state index is -0.537. The van der Waals surface area contributed by atoms with E-state index >= 15 is 0 Å². The fraction of sp³-hybridized carbons (Fsp3) is 0.500. The zero-order chi connectivity index (χ0) is 17.1. The second-order valence-electron chi connectivity index (χ2n) is 5.76. The van der Waals surface area contributed by atoms with Crippen molar-refractivity contribution in [2.45, 2.75) is 13.0 Å². The molecular weight excluding hydrogens is 317 g/mol. The third-order valence-corrected chi connectivity index (χ3v) is 4.04. The Kier molecular flexibility index (Phi) is 4.84. The maximum Gasteiger partial charge on any atom is 0.414 e. The van der Waals surface area contributed by atoms with Gasteiger partial charge in [-0.25, -0.2) is 9.18 Å². The fourth-order valence-electron chi connectivity index (χ4n) is 2.90. The van der Waals surface area contributed by atoms with Gasteiger partial charge in [-0.1, -0.05) is 6.07 Å². The molecule has 2 saturated heterocycles. The van der Waals surface area contributed by atoms with Crippen LogP contribution in [0.4, 0.5) is 20.6 Å². The van der Waals surface area contributed by atoms with Crippen molar-refractivity contribution in [1.82, 2.24) is 5.32 Å². The molecule has 0 bridgehead atoms. The number of benzene rings is 1. The number of carbonyl (C=O) groups excluding carboxylic acids is 2. The van der Waals surface area contributed by atoms with Gasteiger partial charge >= 0.3 is 6.09 Å². The third kappa shape index (κ3) is 3.43. The van der Waals surface area contributed by atoms with E-state index in [0.29, 0.717) is 37.7 Å². The molecule has 2 aliphatic heterocycles. The second-order valence-corrected chi connectivity index (χ2v) is 5.76. The summed E-state index contributed by atoms with van der Waals surface area (Å²) >= 11 is 0. The van der Waals surface area contributed by atoms with Gasteiger partial charge in [0.2, 0.25) is 5.91 Å². The number of nitrogens with one attached hydrogen (secondary N) is 1. The van der Waals surface area contributed by atoms with Crippen molar-refractivity contribution >= 4 is 23.4 Å². The van der Waals surface area contributed by atoms with Gasteiger partial charge in [-0.15, -0.1) is 0 Å². The lowest BCUT2D eigenvalue weighted by Crippen LogP contribution is -2.38. The number of ether oxygens (including phenoxy) is 2. The lowest BCUT2D eigenvalue weighted by atomic mass is 10.2. The number of morpholine rings is 1. The summed E-state index contributed by atoms with van der Waals surface area (Å²) in [6, 6.07) is 4.66. The smallest absolute Gasteiger partial charge is 0.414 e. The molecule has 3 rings (SSSR count). The lowest BCUT2D eigenvalue weighted by Gasteiger charge is -2.32. The molecule has 0 aromatic heterocycles. The Balaban J connectivity index is 1.82. The molecule has 7 nitrogen and oxygen atoms in total. The van der Waals surface area contributed by atoms with Crippen molar-refractivity contribution in [1.29, 1.82) is 0 Å². The van der Waals surface area contributed by atoms with E-state index in [1.807, 2.05) is 4.90 Å². The standard InChI is InChI=1S/C16H20FN3O4/c1-11(21)18-9-12-10-20(16(22)24-12)14-4-2-3-13(17)15(14)19-5-7-23-8-6-19/h2-4,12H,5-10H2,1H3,(H,18,21)/t12-/m0/s1. The molecule has 0 spiro atoms. The van der Waals surface area contributed by atoms with E-state index in [1.54, 1.807) is 12.1 Å². The molecule has 2 amide bonds. The first kappa shape index (κ1) is 16.5. The number of hydrogen-bond acceptors (Lipinski definition) is 5. The van der Waals surface area contributed by atoms with E-state index in [-0.39, 0.29) is 24.8 Å². The van der Waals surface area contributed by atoms with Gasteiger partial charge in [0.05, 0.1) is 37.7 Å². The molecule has 1 aromatic carbocycles. The number of halogens is 1. The van der Waals surface area contributed by atoms with Crippen LogP contribution in [0.2, 0.25) is 0 Å².